The van der Waals surface area contributed by atoms with Crippen molar-refractivity contribution >= 4 is 17.6 Å². The highest BCUT2D eigenvalue weighted by molar-refractivity contribution is 6.02. The number of hydrogen-bond donors (Lipinski definition) is 3. The summed E-state index contributed by atoms with van der Waals surface area (Å²) < 4.78 is 5.13. The van der Waals surface area contributed by atoms with E-state index in [4.69, 9.17) is 4.42 Å². The Bertz CT molecular complexity index is 782. The van der Waals surface area contributed by atoms with Crippen molar-refractivity contribution in [2.45, 2.75) is 32.7 Å². The molecule has 0 atom stereocenters. The van der Waals surface area contributed by atoms with Gasteiger partial charge in [-0.15, -0.1) is 0 Å². The van der Waals surface area contributed by atoms with Gasteiger partial charge >= 0.3 is 0 Å². The molecule has 7 nitrogen and oxygen atoms in total. The summed E-state index contributed by atoms with van der Waals surface area (Å²) in [6.45, 7) is 7.73. The number of hydrogen-bond acceptors (Lipinski definition) is 4. The molecule has 1 amide bonds. The van der Waals surface area contributed by atoms with Crippen LogP contribution in [0, 0.1) is 0 Å². The monoisotopic (exact) mass is 397 g/mol. The van der Waals surface area contributed by atoms with Crippen molar-refractivity contribution in [1.82, 2.24) is 15.5 Å². The fourth-order valence-electron chi connectivity index (χ4n) is 3.38. The third kappa shape index (κ3) is 6.94. The summed E-state index contributed by atoms with van der Waals surface area (Å²) in [5, 5.41) is 9.56. The maximum atomic E-state index is 12.1. The summed E-state index contributed by atoms with van der Waals surface area (Å²) in [6, 6.07) is 11.0. The number of guanidine groups is 1. The summed E-state index contributed by atoms with van der Waals surface area (Å²) >= 11 is 0. The summed E-state index contributed by atoms with van der Waals surface area (Å²) in [7, 11) is 0. The number of benzene rings is 1. The molecule has 0 spiro atoms. The fourth-order valence-corrected chi connectivity index (χ4v) is 3.38. The first-order valence-electron chi connectivity index (χ1n) is 10.4. The third-order valence-electron chi connectivity index (χ3n) is 4.86. The Morgan fingerprint density at radius 1 is 1.14 bits per heavy atom. The van der Waals surface area contributed by atoms with Crippen molar-refractivity contribution in [3.63, 3.8) is 0 Å². The molecule has 3 N–H and O–H groups in total. The number of piperidine rings is 1. The normalized spacial score (nSPS) is 15.1. The zero-order valence-corrected chi connectivity index (χ0v) is 17.1. The first kappa shape index (κ1) is 20.9. The lowest BCUT2D eigenvalue weighted by Crippen LogP contribution is -2.42. The van der Waals surface area contributed by atoms with Gasteiger partial charge in [0.2, 0.25) is 0 Å². The smallest absolute Gasteiger partial charge is 0.291 e. The van der Waals surface area contributed by atoms with Gasteiger partial charge in [-0.25, -0.2) is 4.99 Å². The first-order chi connectivity index (χ1) is 14.2. The van der Waals surface area contributed by atoms with Crippen molar-refractivity contribution in [2.75, 3.05) is 38.0 Å². The molecule has 1 aromatic heterocycles. The highest BCUT2D eigenvalue weighted by Gasteiger charge is 2.10. The minimum atomic E-state index is -0.261. The maximum absolute atomic E-state index is 12.1. The van der Waals surface area contributed by atoms with Crippen LogP contribution in [0.1, 0.15) is 42.3 Å². The van der Waals surface area contributed by atoms with Crippen molar-refractivity contribution in [2.24, 2.45) is 4.99 Å². The molecule has 1 aliphatic rings. The molecular weight excluding hydrogens is 366 g/mol. The zero-order valence-electron chi connectivity index (χ0n) is 17.1. The van der Waals surface area contributed by atoms with E-state index in [2.05, 4.69) is 32.8 Å². The number of carbonyl (C=O) groups is 1. The van der Waals surface area contributed by atoms with Gasteiger partial charge in [0.25, 0.3) is 5.91 Å². The number of likely N-dealkylation sites (tertiary alicyclic amines) is 1. The predicted molar refractivity (Wildman–Crippen MR) is 116 cm³/mol. The molecular formula is C22H31N5O2. The van der Waals surface area contributed by atoms with E-state index in [1.165, 1.54) is 38.6 Å². The molecule has 0 saturated carbocycles. The molecule has 1 aromatic carbocycles. The molecule has 0 bridgehead atoms. The lowest BCUT2D eigenvalue weighted by molar-refractivity contribution is 0.0996. The van der Waals surface area contributed by atoms with Crippen LogP contribution in [0.25, 0.3) is 0 Å². The molecule has 1 fully saturated rings. The standard InChI is InChI=1S/C22H31N5O2/c1-2-23-22(24-11-14-27-12-4-3-5-13-27)25-17-18-8-6-9-19(16-18)26-21(28)20-10-7-15-29-20/h6-10,15-16H,2-5,11-14,17H2,1H3,(H,26,28)(H2,23,24,25). The van der Waals surface area contributed by atoms with Crippen LogP contribution >= 0.6 is 0 Å². The molecule has 1 aliphatic heterocycles. The Balaban J connectivity index is 1.52. The molecule has 0 radical (unpaired) electrons. The van der Waals surface area contributed by atoms with Crippen LogP contribution in [-0.2, 0) is 6.54 Å². The third-order valence-corrected chi connectivity index (χ3v) is 4.86. The average Bonchev–Trinajstić information content (AvgIpc) is 3.28. The number of anilines is 1. The number of nitrogens with zero attached hydrogens (tertiary/aromatic N) is 2. The van der Waals surface area contributed by atoms with Gasteiger partial charge in [0.1, 0.15) is 0 Å². The van der Waals surface area contributed by atoms with Crippen LogP contribution in [-0.4, -0.2) is 49.5 Å². The molecule has 156 valence electrons. The molecule has 29 heavy (non-hydrogen) atoms. The van der Waals surface area contributed by atoms with Gasteiger partial charge in [-0.1, -0.05) is 18.6 Å². The lowest BCUT2D eigenvalue weighted by atomic mass is 10.1. The summed E-state index contributed by atoms with van der Waals surface area (Å²) in [4.78, 5) is 19.3. The minimum absolute atomic E-state index is 0.261. The summed E-state index contributed by atoms with van der Waals surface area (Å²) in [5.74, 6) is 0.846. The Morgan fingerprint density at radius 3 is 2.76 bits per heavy atom. The van der Waals surface area contributed by atoms with Crippen LogP contribution in [0.3, 0.4) is 0 Å². The van der Waals surface area contributed by atoms with Gasteiger partial charge in [-0.2, -0.15) is 0 Å². The van der Waals surface area contributed by atoms with Gasteiger partial charge in [-0.05, 0) is 62.7 Å². The van der Waals surface area contributed by atoms with E-state index >= 15 is 0 Å². The van der Waals surface area contributed by atoms with Crippen molar-refractivity contribution in [3.05, 3.63) is 54.0 Å². The number of nitrogens with one attached hydrogen (secondary N) is 3. The van der Waals surface area contributed by atoms with Crippen LogP contribution in [0.5, 0.6) is 0 Å². The van der Waals surface area contributed by atoms with Gasteiger partial charge in [0.15, 0.2) is 11.7 Å². The summed E-state index contributed by atoms with van der Waals surface area (Å²) in [6.07, 6.45) is 5.46. The van der Waals surface area contributed by atoms with Crippen LogP contribution < -0.4 is 16.0 Å². The molecule has 0 aliphatic carbocycles. The van der Waals surface area contributed by atoms with Crippen LogP contribution in [0.4, 0.5) is 5.69 Å². The molecule has 1 saturated heterocycles. The average molecular weight is 398 g/mol. The topological polar surface area (TPSA) is 81.9 Å². The van der Waals surface area contributed by atoms with Gasteiger partial charge in [0.05, 0.1) is 12.8 Å². The molecule has 7 heteroatoms. The minimum Gasteiger partial charge on any atom is -0.459 e. The second-order valence-corrected chi connectivity index (χ2v) is 7.16. The van der Waals surface area contributed by atoms with Gasteiger partial charge < -0.3 is 25.3 Å². The van der Waals surface area contributed by atoms with E-state index in [1.54, 1.807) is 12.1 Å². The second kappa shape index (κ2) is 11.3. The van der Waals surface area contributed by atoms with E-state index in [0.29, 0.717) is 12.3 Å². The summed E-state index contributed by atoms with van der Waals surface area (Å²) in [5.41, 5.74) is 1.75. The van der Waals surface area contributed by atoms with Gasteiger partial charge in [0, 0.05) is 25.3 Å². The van der Waals surface area contributed by atoms with Gasteiger partial charge in [-0.3, -0.25) is 4.79 Å². The molecule has 0 unspecified atom stereocenters. The maximum Gasteiger partial charge on any atom is 0.291 e. The number of furan rings is 1. The number of rotatable bonds is 8. The number of carbonyl (C=O) groups excluding carboxylic acids is 1. The second-order valence-electron chi connectivity index (χ2n) is 7.16. The molecule has 2 aromatic rings. The number of aliphatic imine (C=N–C) groups is 1. The number of amides is 1. The van der Waals surface area contributed by atoms with E-state index in [-0.39, 0.29) is 5.91 Å². The van der Waals surface area contributed by atoms with Crippen LogP contribution in [0.2, 0.25) is 0 Å². The first-order valence-corrected chi connectivity index (χ1v) is 10.4. The van der Waals surface area contributed by atoms with Crippen molar-refractivity contribution in [1.29, 1.82) is 0 Å². The Kier molecular flexibility index (Phi) is 8.12. The van der Waals surface area contributed by atoms with E-state index < -0.39 is 0 Å². The van der Waals surface area contributed by atoms with Crippen molar-refractivity contribution in [3.8, 4) is 0 Å². The quantitative estimate of drug-likeness (QED) is 0.471. The highest BCUT2D eigenvalue weighted by atomic mass is 16.3. The van der Waals surface area contributed by atoms with Crippen LogP contribution in [0.15, 0.2) is 52.1 Å². The van der Waals surface area contributed by atoms with E-state index in [1.807, 2.05) is 24.3 Å². The fraction of sp³-hybridized carbons (Fsp3) is 0.455. The highest BCUT2D eigenvalue weighted by Crippen LogP contribution is 2.13. The molecule has 3 rings (SSSR count). The van der Waals surface area contributed by atoms with E-state index in [0.717, 1.165) is 36.8 Å². The Morgan fingerprint density at radius 2 is 2.00 bits per heavy atom. The lowest BCUT2D eigenvalue weighted by Gasteiger charge is -2.26. The SMILES string of the molecule is CCNC(=NCc1cccc(NC(=O)c2ccco2)c1)NCCN1CCCCC1. The van der Waals surface area contributed by atoms with E-state index in [9.17, 15) is 4.79 Å². The Hall–Kier alpha value is -2.80. The zero-order chi connectivity index (χ0) is 20.3. The predicted octanol–water partition coefficient (Wildman–Crippen LogP) is 3.07. The Labute approximate surface area is 172 Å². The van der Waals surface area contributed by atoms with Crippen molar-refractivity contribution < 1.29 is 9.21 Å². The largest absolute Gasteiger partial charge is 0.459 e. The molecule has 2 heterocycles.